The number of hydrogen-bond acceptors (Lipinski definition) is 7. The van der Waals surface area contributed by atoms with Crippen molar-refractivity contribution in [3.05, 3.63) is 46.4 Å². The maximum absolute atomic E-state index is 13.2. The number of anilines is 1. The van der Waals surface area contributed by atoms with Crippen LogP contribution in [0.25, 0.3) is 0 Å². The number of ether oxygens (including phenoxy) is 2. The van der Waals surface area contributed by atoms with Crippen molar-refractivity contribution >= 4 is 50.7 Å². The van der Waals surface area contributed by atoms with Crippen LogP contribution in [0.4, 0.5) is 5.69 Å². The van der Waals surface area contributed by atoms with Crippen LogP contribution in [0.5, 0.6) is 11.5 Å². The van der Waals surface area contributed by atoms with Crippen molar-refractivity contribution in [2.45, 2.75) is 17.4 Å². The molecule has 0 unspecified atom stereocenters. The third-order valence-electron chi connectivity index (χ3n) is 6.09. The third-order valence-corrected chi connectivity index (χ3v) is 8.42. The summed E-state index contributed by atoms with van der Waals surface area (Å²) in [7, 11) is -3.75. The fraction of sp³-hybridized carbons (Fsp3) is 0.364. The summed E-state index contributed by atoms with van der Waals surface area (Å²) in [6, 6.07) is 8.47. The van der Waals surface area contributed by atoms with E-state index in [1.807, 2.05) is 4.90 Å². The Morgan fingerprint density at radius 2 is 1.50 bits per heavy atom. The van der Waals surface area contributed by atoms with E-state index in [0.29, 0.717) is 53.5 Å². The minimum atomic E-state index is -3.75. The number of piperazine rings is 1. The average Bonchev–Trinajstić information content (AvgIpc) is 3.12. The highest BCUT2D eigenvalue weighted by Gasteiger charge is 2.44. The number of rotatable bonds is 4. The first kappa shape index (κ1) is 23.4. The molecule has 0 saturated carbocycles. The van der Waals surface area contributed by atoms with Crippen molar-refractivity contribution in [2.75, 3.05) is 44.3 Å². The summed E-state index contributed by atoms with van der Waals surface area (Å²) in [6.45, 7) is 1.80. The summed E-state index contributed by atoms with van der Waals surface area (Å²) < 4.78 is 38.7. The standard InChI is InChI=1S/C22H21Cl2N3O6S/c23-14-9-15(24)11-16(10-14)27-21(28)13-18(22(27)29)25-3-5-26(6-4-25)34(30,31)17-1-2-19-20(12-17)33-8-7-32-19/h1-2,9-12,18H,3-8,13H2/t18-/m0/s1. The fourth-order valence-corrected chi connectivity index (χ4v) is 6.38. The number of sulfonamides is 1. The minimum absolute atomic E-state index is 0.0118. The Bertz CT molecular complexity index is 1240. The van der Waals surface area contributed by atoms with Gasteiger partial charge in [-0.2, -0.15) is 4.31 Å². The molecule has 180 valence electrons. The van der Waals surface area contributed by atoms with Gasteiger partial charge in [0.2, 0.25) is 15.9 Å². The van der Waals surface area contributed by atoms with E-state index < -0.39 is 16.1 Å². The molecule has 2 fully saturated rings. The molecule has 0 radical (unpaired) electrons. The van der Waals surface area contributed by atoms with Crippen molar-refractivity contribution in [2.24, 2.45) is 0 Å². The highest BCUT2D eigenvalue weighted by Crippen LogP contribution is 2.34. The molecule has 0 aliphatic carbocycles. The van der Waals surface area contributed by atoms with E-state index >= 15 is 0 Å². The van der Waals surface area contributed by atoms with Crippen LogP contribution in [0.2, 0.25) is 10.0 Å². The molecule has 0 bridgehead atoms. The molecule has 5 rings (SSSR count). The Morgan fingerprint density at radius 1 is 0.853 bits per heavy atom. The summed E-state index contributed by atoms with van der Waals surface area (Å²) in [5.74, 6) is 0.207. The maximum Gasteiger partial charge on any atom is 0.251 e. The number of carbonyl (C=O) groups is 2. The molecule has 0 aromatic heterocycles. The van der Waals surface area contributed by atoms with Gasteiger partial charge >= 0.3 is 0 Å². The molecule has 0 spiro atoms. The normalized spacial score (nSPS) is 21.8. The van der Waals surface area contributed by atoms with Gasteiger partial charge in [0.25, 0.3) is 5.91 Å². The van der Waals surface area contributed by atoms with E-state index in [2.05, 4.69) is 0 Å². The quantitative estimate of drug-likeness (QED) is 0.565. The number of imide groups is 1. The van der Waals surface area contributed by atoms with Gasteiger partial charge in [-0.05, 0) is 30.3 Å². The van der Waals surface area contributed by atoms with Gasteiger partial charge in [0.05, 0.1) is 23.0 Å². The number of nitrogens with zero attached hydrogens (tertiary/aromatic N) is 3. The van der Waals surface area contributed by atoms with E-state index in [1.54, 1.807) is 6.07 Å². The van der Waals surface area contributed by atoms with Crippen LogP contribution in [-0.4, -0.2) is 74.9 Å². The maximum atomic E-state index is 13.2. The molecule has 2 aromatic rings. The third kappa shape index (κ3) is 4.25. The lowest BCUT2D eigenvalue weighted by molar-refractivity contribution is -0.123. The molecule has 3 aliphatic rings. The van der Waals surface area contributed by atoms with E-state index in [1.165, 1.54) is 34.6 Å². The minimum Gasteiger partial charge on any atom is -0.486 e. The number of amides is 2. The van der Waals surface area contributed by atoms with Crippen molar-refractivity contribution in [3.63, 3.8) is 0 Å². The van der Waals surface area contributed by atoms with Crippen LogP contribution in [0, 0.1) is 0 Å². The highest BCUT2D eigenvalue weighted by molar-refractivity contribution is 7.89. The summed E-state index contributed by atoms with van der Waals surface area (Å²) in [5.41, 5.74) is 0.329. The van der Waals surface area contributed by atoms with Crippen molar-refractivity contribution in [3.8, 4) is 11.5 Å². The van der Waals surface area contributed by atoms with Crippen LogP contribution in [0.15, 0.2) is 41.3 Å². The number of hydrogen-bond donors (Lipinski definition) is 0. The van der Waals surface area contributed by atoms with Gasteiger partial charge in [-0.25, -0.2) is 13.3 Å². The van der Waals surface area contributed by atoms with Crippen LogP contribution in [-0.2, 0) is 19.6 Å². The molecule has 1 atom stereocenters. The van der Waals surface area contributed by atoms with E-state index in [9.17, 15) is 18.0 Å². The lowest BCUT2D eigenvalue weighted by atomic mass is 10.2. The van der Waals surface area contributed by atoms with E-state index in [-0.39, 0.29) is 36.2 Å². The second kappa shape index (κ2) is 9.01. The monoisotopic (exact) mass is 525 g/mol. The Hall–Kier alpha value is -2.37. The van der Waals surface area contributed by atoms with Gasteiger partial charge in [-0.15, -0.1) is 0 Å². The Morgan fingerprint density at radius 3 is 2.18 bits per heavy atom. The molecular formula is C22H21Cl2N3O6S. The predicted molar refractivity (Wildman–Crippen MR) is 125 cm³/mol. The fourth-order valence-electron chi connectivity index (χ4n) is 4.43. The molecule has 3 aliphatic heterocycles. The van der Waals surface area contributed by atoms with Crippen molar-refractivity contribution < 1.29 is 27.5 Å². The van der Waals surface area contributed by atoms with Gasteiger partial charge in [0, 0.05) is 42.3 Å². The first-order valence-electron chi connectivity index (χ1n) is 10.7. The lowest BCUT2D eigenvalue weighted by Gasteiger charge is -2.36. The number of fused-ring (bicyclic) bond motifs is 1. The summed E-state index contributed by atoms with van der Waals surface area (Å²) >= 11 is 12.1. The Kier molecular flexibility index (Phi) is 6.19. The van der Waals surface area contributed by atoms with Crippen molar-refractivity contribution in [1.29, 1.82) is 0 Å². The zero-order valence-corrected chi connectivity index (χ0v) is 20.3. The highest BCUT2D eigenvalue weighted by atomic mass is 35.5. The Balaban J connectivity index is 1.28. The second-order valence-electron chi connectivity index (χ2n) is 8.16. The van der Waals surface area contributed by atoms with Gasteiger partial charge in [0.1, 0.15) is 13.2 Å². The van der Waals surface area contributed by atoms with Crippen LogP contribution in [0.1, 0.15) is 6.42 Å². The van der Waals surface area contributed by atoms with E-state index in [4.69, 9.17) is 32.7 Å². The topological polar surface area (TPSA) is 96.5 Å². The van der Waals surface area contributed by atoms with Crippen LogP contribution >= 0.6 is 23.2 Å². The van der Waals surface area contributed by atoms with Gasteiger partial charge in [0.15, 0.2) is 11.5 Å². The van der Waals surface area contributed by atoms with Gasteiger partial charge in [-0.3, -0.25) is 14.5 Å². The van der Waals surface area contributed by atoms with E-state index in [0.717, 1.165) is 4.90 Å². The largest absolute Gasteiger partial charge is 0.486 e. The first-order valence-corrected chi connectivity index (χ1v) is 12.9. The zero-order chi connectivity index (χ0) is 24.0. The molecular weight excluding hydrogens is 505 g/mol. The molecule has 34 heavy (non-hydrogen) atoms. The Labute approximate surface area is 206 Å². The summed E-state index contributed by atoms with van der Waals surface area (Å²) in [4.78, 5) is 28.8. The molecule has 2 saturated heterocycles. The van der Waals surface area contributed by atoms with Crippen LogP contribution < -0.4 is 14.4 Å². The molecule has 9 nitrogen and oxygen atoms in total. The van der Waals surface area contributed by atoms with Crippen molar-refractivity contribution in [1.82, 2.24) is 9.21 Å². The average molecular weight is 526 g/mol. The number of halogens is 2. The predicted octanol–water partition coefficient (Wildman–Crippen LogP) is 2.40. The smallest absolute Gasteiger partial charge is 0.251 e. The molecule has 3 heterocycles. The summed E-state index contributed by atoms with van der Waals surface area (Å²) in [5, 5.41) is 0.647. The molecule has 12 heteroatoms. The number of carbonyl (C=O) groups excluding carboxylic acids is 2. The first-order chi connectivity index (χ1) is 16.2. The van der Waals surface area contributed by atoms with Gasteiger partial charge in [-0.1, -0.05) is 23.2 Å². The SMILES string of the molecule is O=C1C[C@H](N2CCN(S(=O)(=O)c3ccc4c(c3)OCCO4)CC2)C(=O)N1c1cc(Cl)cc(Cl)c1. The molecule has 2 amide bonds. The lowest BCUT2D eigenvalue weighted by Crippen LogP contribution is -2.53. The zero-order valence-electron chi connectivity index (χ0n) is 17.9. The van der Waals surface area contributed by atoms with Gasteiger partial charge < -0.3 is 9.47 Å². The summed E-state index contributed by atoms with van der Waals surface area (Å²) in [6.07, 6.45) is 0.0118. The second-order valence-corrected chi connectivity index (χ2v) is 11.0. The molecule has 0 N–H and O–H groups in total. The number of benzene rings is 2. The van der Waals surface area contributed by atoms with Crippen LogP contribution in [0.3, 0.4) is 0 Å². The molecule has 2 aromatic carbocycles.